The SMILES string of the molecule is CCOC(CN(CCC(c1ccccc1)c1ccccc1)N(C(=O)O)C(C)C=O)OCC. The van der Waals surface area contributed by atoms with Gasteiger partial charge in [-0.3, -0.25) is 0 Å². The average Bonchev–Trinajstić information content (AvgIpc) is 2.80. The number of ether oxygens (including phenoxy) is 2. The fourth-order valence-electron chi connectivity index (χ4n) is 3.77. The third-order valence-electron chi connectivity index (χ3n) is 5.23. The van der Waals surface area contributed by atoms with Gasteiger partial charge in [0.2, 0.25) is 0 Å². The van der Waals surface area contributed by atoms with Crippen molar-refractivity contribution in [2.75, 3.05) is 26.3 Å². The van der Waals surface area contributed by atoms with Crippen LogP contribution in [-0.4, -0.2) is 66.1 Å². The zero-order valence-corrected chi connectivity index (χ0v) is 19.1. The first-order valence-electron chi connectivity index (χ1n) is 11.1. The van der Waals surface area contributed by atoms with Crippen molar-refractivity contribution in [2.45, 2.75) is 45.4 Å². The molecule has 32 heavy (non-hydrogen) atoms. The van der Waals surface area contributed by atoms with Crippen LogP contribution in [0.5, 0.6) is 0 Å². The molecule has 2 aromatic carbocycles. The van der Waals surface area contributed by atoms with E-state index in [-0.39, 0.29) is 12.5 Å². The summed E-state index contributed by atoms with van der Waals surface area (Å²) in [6, 6.07) is 19.4. The first kappa shape index (κ1) is 25.5. The molecule has 0 heterocycles. The summed E-state index contributed by atoms with van der Waals surface area (Å²) in [4.78, 5) is 23.5. The molecule has 2 rings (SSSR count). The van der Waals surface area contributed by atoms with Gasteiger partial charge in [-0.15, -0.1) is 0 Å². The van der Waals surface area contributed by atoms with Crippen LogP contribution in [-0.2, 0) is 14.3 Å². The highest BCUT2D eigenvalue weighted by atomic mass is 16.7. The lowest BCUT2D eigenvalue weighted by molar-refractivity contribution is -0.173. The highest BCUT2D eigenvalue weighted by molar-refractivity contribution is 5.70. The van der Waals surface area contributed by atoms with Gasteiger partial charge in [-0.05, 0) is 38.3 Å². The van der Waals surface area contributed by atoms with E-state index >= 15 is 0 Å². The number of benzene rings is 2. The van der Waals surface area contributed by atoms with Crippen LogP contribution < -0.4 is 0 Å². The molecule has 1 atom stereocenters. The Morgan fingerprint density at radius 1 is 0.969 bits per heavy atom. The summed E-state index contributed by atoms with van der Waals surface area (Å²) in [5.74, 6) is 0.0692. The van der Waals surface area contributed by atoms with Gasteiger partial charge >= 0.3 is 6.09 Å². The van der Waals surface area contributed by atoms with E-state index in [4.69, 9.17) is 9.47 Å². The number of amides is 1. The molecule has 1 amide bonds. The van der Waals surface area contributed by atoms with E-state index in [1.165, 1.54) is 0 Å². The van der Waals surface area contributed by atoms with Crippen LogP contribution in [0, 0.1) is 0 Å². The van der Waals surface area contributed by atoms with Crippen LogP contribution in [0.2, 0.25) is 0 Å². The molecule has 7 nitrogen and oxygen atoms in total. The van der Waals surface area contributed by atoms with Crippen molar-refractivity contribution in [1.82, 2.24) is 10.0 Å². The minimum Gasteiger partial charge on any atom is -0.464 e. The average molecular weight is 443 g/mol. The van der Waals surface area contributed by atoms with Gasteiger partial charge in [-0.1, -0.05) is 60.7 Å². The Labute approximate surface area is 190 Å². The quantitative estimate of drug-likeness (QED) is 0.266. The van der Waals surface area contributed by atoms with E-state index in [0.717, 1.165) is 16.1 Å². The molecule has 1 unspecified atom stereocenters. The Morgan fingerprint density at radius 3 is 1.88 bits per heavy atom. The van der Waals surface area contributed by atoms with Crippen molar-refractivity contribution in [3.63, 3.8) is 0 Å². The summed E-state index contributed by atoms with van der Waals surface area (Å²) in [5.41, 5.74) is 2.30. The third kappa shape index (κ3) is 7.44. The second kappa shape index (κ2) is 13.6. The number of hydrogen-bond acceptors (Lipinski definition) is 5. The topological polar surface area (TPSA) is 79.3 Å². The predicted octanol–water partition coefficient (Wildman–Crippen LogP) is 4.39. The van der Waals surface area contributed by atoms with Crippen molar-refractivity contribution in [3.05, 3.63) is 71.8 Å². The van der Waals surface area contributed by atoms with Crippen LogP contribution in [0.3, 0.4) is 0 Å². The smallest absolute Gasteiger partial charge is 0.422 e. The van der Waals surface area contributed by atoms with Gasteiger partial charge in [0.1, 0.15) is 12.3 Å². The maximum atomic E-state index is 12.1. The molecule has 0 bridgehead atoms. The number of hydrogen-bond donors (Lipinski definition) is 1. The molecular formula is C25H34N2O5. The first-order valence-corrected chi connectivity index (χ1v) is 11.1. The molecule has 1 N–H and O–H groups in total. The number of nitrogens with zero attached hydrogens (tertiary/aromatic N) is 2. The van der Waals surface area contributed by atoms with Crippen molar-refractivity contribution < 1.29 is 24.2 Å². The van der Waals surface area contributed by atoms with Crippen LogP contribution in [0.1, 0.15) is 44.2 Å². The van der Waals surface area contributed by atoms with Gasteiger partial charge in [-0.2, -0.15) is 0 Å². The second-order valence-electron chi connectivity index (χ2n) is 7.42. The zero-order chi connectivity index (χ0) is 23.3. The molecule has 0 fully saturated rings. The molecule has 0 saturated carbocycles. The van der Waals surface area contributed by atoms with Gasteiger partial charge in [0, 0.05) is 25.7 Å². The molecule has 0 aliphatic heterocycles. The molecule has 2 aromatic rings. The lowest BCUT2D eigenvalue weighted by atomic mass is 9.88. The highest BCUT2D eigenvalue weighted by Gasteiger charge is 2.29. The third-order valence-corrected chi connectivity index (χ3v) is 5.23. The maximum Gasteiger partial charge on any atom is 0.422 e. The lowest BCUT2D eigenvalue weighted by Gasteiger charge is -2.37. The summed E-state index contributed by atoms with van der Waals surface area (Å²) in [5, 5.41) is 12.6. The van der Waals surface area contributed by atoms with Crippen LogP contribution >= 0.6 is 0 Å². The van der Waals surface area contributed by atoms with E-state index in [0.29, 0.717) is 32.5 Å². The molecule has 0 radical (unpaired) electrons. The van der Waals surface area contributed by atoms with E-state index in [2.05, 4.69) is 24.3 Å². The predicted molar refractivity (Wildman–Crippen MR) is 123 cm³/mol. The largest absolute Gasteiger partial charge is 0.464 e. The number of aldehydes is 1. The van der Waals surface area contributed by atoms with Crippen molar-refractivity contribution in [1.29, 1.82) is 0 Å². The second-order valence-corrected chi connectivity index (χ2v) is 7.42. The van der Waals surface area contributed by atoms with Crippen LogP contribution in [0.4, 0.5) is 4.79 Å². The van der Waals surface area contributed by atoms with Crippen molar-refractivity contribution in [3.8, 4) is 0 Å². The summed E-state index contributed by atoms with van der Waals surface area (Å²) < 4.78 is 11.3. The van der Waals surface area contributed by atoms with Crippen LogP contribution in [0.15, 0.2) is 60.7 Å². The Bertz CT molecular complexity index is 757. The molecule has 0 aliphatic rings. The summed E-state index contributed by atoms with van der Waals surface area (Å²) in [6.07, 6.45) is -0.512. The van der Waals surface area contributed by atoms with Gasteiger partial charge in [0.15, 0.2) is 6.29 Å². The number of hydrazine groups is 1. The summed E-state index contributed by atoms with van der Waals surface area (Å²) in [7, 11) is 0. The van der Waals surface area contributed by atoms with Gasteiger partial charge < -0.3 is 19.4 Å². The van der Waals surface area contributed by atoms with Crippen LogP contribution in [0.25, 0.3) is 0 Å². The molecule has 0 saturated heterocycles. The van der Waals surface area contributed by atoms with Crippen molar-refractivity contribution in [2.24, 2.45) is 0 Å². The molecule has 0 spiro atoms. The lowest BCUT2D eigenvalue weighted by Crippen LogP contribution is -2.54. The molecule has 0 aliphatic carbocycles. The van der Waals surface area contributed by atoms with Gasteiger partial charge in [0.05, 0.1) is 6.54 Å². The van der Waals surface area contributed by atoms with E-state index in [1.54, 1.807) is 11.9 Å². The van der Waals surface area contributed by atoms with E-state index in [1.807, 2.05) is 50.2 Å². The highest BCUT2D eigenvalue weighted by Crippen LogP contribution is 2.28. The van der Waals surface area contributed by atoms with Gasteiger partial charge in [-0.25, -0.2) is 14.8 Å². The fourth-order valence-corrected chi connectivity index (χ4v) is 3.77. The maximum absolute atomic E-state index is 12.1. The summed E-state index contributed by atoms with van der Waals surface area (Å²) in [6.45, 7) is 6.76. The van der Waals surface area contributed by atoms with E-state index < -0.39 is 18.4 Å². The number of carbonyl (C=O) groups excluding carboxylic acids is 1. The first-order chi connectivity index (χ1) is 15.5. The van der Waals surface area contributed by atoms with E-state index in [9.17, 15) is 14.7 Å². The Hall–Kier alpha value is -2.74. The molecular weight excluding hydrogens is 408 g/mol. The monoisotopic (exact) mass is 442 g/mol. The Kier molecular flexibility index (Phi) is 10.9. The molecule has 174 valence electrons. The number of rotatable bonds is 14. The normalized spacial score (nSPS) is 12.3. The number of carbonyl (C=O) groups is 2. The summed E-state index contributed by atoms with van der Waals surface area (Å²) >= 11 is 0. The standard InChI is InChI=1S/C25H34N2O5/c1-4-31-24(32-5-2)18-26(27(25(29)30)20(3)19-28)17-16-23(21-12-8-6-9-13-21)22-14-10-7-11-15-22/h6-15,19-20,23-24H,4-5,16-18H2,1-3H3,(H,29,30). The van der Waals surface area contributed by atoms with Gasteiger partial charge in [0.25, 0.3) is 0 Å². The molecule has 7 heteroatoms. The Morgan fingerprint density at radius 2 is 1.47 bits per heavy atom. The minimum absolute atomic E-state index is 0.0692. The Balaban J connectivity index is 2.32. The minimum atomic E-state index is -1.19. The fraction of sp³-hybridized carbons (Fsp3) is 0.440. The van der Waals surface area contributed by atoms with Crippen molar-refractivity contribution >= 4 is 12.4 Å². The molecule has 0 aromatic heterocycles. The number of carboxylic acid groups (broad SMARTS) is 1. The zero-order valence-electron chi connectivity index (χ0n) is 19.1.